The molecule has 0 rings (SSSR count). The van der Waals surface area contributed by atoms with E-state index < -0.39 is 0 Å². The molecule has 0 aliphatic carbocycles. The topological polar surface area (TPSA) is 0 Å². The summed E-state index contributed by atoms with van der Waals surface area (Å²) in [5.74, 6) is 0. The number of hydrogen-bond donors (Lipinski definition) is 0. The van der Waals surface area contributed by atoms with E-state index in [0.29, 0.717) is 0 Å². The lowest BCUT2D eigenvalue weighted by atomic mass is 10.0. The van der Waals surface area contributed by atoms with Crippen LogP contribution in [0.4, 0.5) is 0 Å². The summed E-state index contributed by atoms with van der Waals surface area (Å²) in [4.78, 5) is 0. The maximum atomic E-state index is 2.45. The van der Waals surface area contributed by atoms with Crippen molar-refractivity contribution in [2.75, 3.05) is 0 Å². The van der Waals surface area contributed by atoms with Gasteiger partial charge in [0.1, 0.15) is 0 Å². The molecule has 198 valence electrons. The van der Waals surface area contributed by atoms with Gasteiger partial charge in [-0.2, -0.15) is 0 Å². The zero-order valence-electron chi connectivity index (χ0n) is 23.7. The molecule has 0 aliphatic rings. The Morgan fingerprint density at radius 1 is 0.242 bits per heavy atom. The van der Waals surface area contributed by atoms with Crippen LogP contribution in [-0.2, 0) is 0 Å². The number of hydrogen-bond acceptors (Lipinski definition) is 0. The predicted octanol–water partition coefficient (Wildman–Crippen LogP) is 12.9. The fourth-order valence-electron chi connectivity index (χ4n) is 4.97. The van der Waals surface area contributed by atoms with E-state index in [4.69, 9.17) is 0 Å². The van der Waals surface area contributed by atoms with Crippen LogP contribution in [-0.4, -0.2) is 0 Å². The highest BCUT2D eigenvalue weighted by molar-refractivity contribution is 4.81. The molecule has 0 spiro atoms. The zero-order chi connectivity index (χ0) is 23.9. The van der Waals surface area contributed by atoms with E-state index >= 15 is 0 Å². The van der Waals surface area contributed by atoms with Gasteiger partial charge in [-0.05, 0) is 25.7 Å². The zero-order valence-corrected chi connectivity index (χ0v) is 23.7. The first-order valence-electron chi connectivity index (χ1n) is 16.1. The van der Waals surface area contributed by atoms with Gasteiger partial charge in [0.05, 0.1) is 0 Å². The Bertz CT molecular complexity index is 342. The molecule has 0 aromatic heterocycles. The third-order valence-corrected chi connectivity index (χ3v) is 7.37. The molecule has 0 heteroatoms. The molecular weight excluding hydrogens is 396 g/mol. The van der Waals surface area contributed by atoms with Crippen molar-refractivity contribution in [1.29, 1.82) is 0 Å². The summed E-state index contributed by atoms with van der Waals surface area (Å²) in [7, 11) is 0. The van der Waals surface area contributed by atoms with Crippen LogP contribution in [0.2, 0.25) is 0 Å². The first-order chi connectivity index (χ1) is 16.4. The van der Waals surface area contributed by atoms with Crippen molar-refractivity contribution < 1.29 is 0 Å². The average molecular weight is 463 g/mol. The van der Waals surface area contributed by atoms with Gasteiger partial charge in [0.15, 0.2) is 0 Å². The Morgan fingerprint density at radius 3 is 0.636 bits per heavy atom. The first kappa shape index (κ1) is 32.7. The average Bonchev–Trinajstić information content (AvgIpc) is 2.83. The van der Waals surface area contributed by atoms with Crippen molar-refractivity contribution in [3.8, 4) is 0 Å². The number of unbranched alkanes of at least 4 members (excludes halogenated alkanes) is 27. The largest absolute Gasteiger partial charge is 0.0885 e. The Morgan fingerprint density at radius 2 is 0.424 bits per heavy atom. The Labute approximate surface area is 212 Å². The fraction of sp³-hybridized carbons (Fsp3) is 0.939. The highest BCUT2D eigenvalue weighted by Crippen LogP contribution is 2.15. The minimum atomic E-state index is 1.31. The molecule has 0 radical (unpaired) electrons. The van der Waals surface area contributed by atoms with E-state index in [1.165, 1.54) is 186 Å². The SMILES string of the molecule is CCCCCCCCCC/C=C\CCCCCCCCCCCCCCCCCCCCC. The van der Waals surface area contributed by atoms with Crippen LogP contribution in [0.3, 0.4) is 0 Å². The van der Waals surface area contributed by atoms with Gasteiger partial charge in [-0.15, -0.1) is 0 Å². The molecule has 0 unspecified atom stereocenters. The van der Waals surface area contributed by atoms with Gasteiger partial charge in [-0.3, -0.25) is 0 Å². The number of rotatable bonds is 29. The quantitative estimate of drug-likeness (QED) is 0.0765. The first-order valence-corrected chi connectivity index (χ1v) is 16.1. The number of allylic oxidation sites excluding steroid dienone is 2. The van der Waals surface area contributed by atoms with Crippen molar-refractivity contribution in [2.45, 2.75) is 200 Å². The second-order valence-corrected chi connectivity index (χ2v) is 10.9. The molecule has 0 atom stereocenters. The summed E-state index contributed by atoms with van der Waals surface area (Å²) in [5.41, 5.74) is 0. The van der Waals surface area contributed by atoms with E-state index in [2.05, 4.69) is 26.0 Å². The minimum absolute atomic E-state index is 1.31. The Kier molecular flexibility index (Phi) is 31.5. The highest BCUT2D eigenvalue weighted by Gasteiger charge is 1.95. The molecule has 33 heavy (non-hydrogen) atoms. The Balaban J connectivity index is 3.05. The van der Waals surface area contributed by atoms with Crippen LogP contribution in [0.5, 0.6) is 0 Å². The van der Waals surface area contributed by atoms with Crippen LogP contribution >= 0.6 is 0 Å². The fourth-order valence-corrected chi connectivity index (χ4v) is 4.97. The highest BCUT2D eigenvalue weighted by atomic mass is 14.0. The molecule has 0 saturated heterocycles. The smallest absolute Gasteiger partial charge is 0.0351 e. The summed E-state index contributed by atoms with van der Waals surface area (Å²) < 4.78 is 0. The molecule has 0 aliphatic heterocycles. The molecular formula is C33H66. The lowest BCUT2D eigenvalue weighted by Crippen LogP contribution is -1.84. The Hall–Kier alpha value is -0.260. The maximum Gasteiger partial charge on any atom is -0.0351 e. The lowest BCUT2D eigenvalue weighted by molar-refractivity contribution is 0.523. The van der Waals surface area contributed by atoms with Crippen LogP contribution in [0.15, 0.2) is 12.2 Å². The molecule has 0 heterocycles. The van der Waals surface area contributed by atoms with Gasteiger partial charge in [-0.25, -0.2) is 0 Å². The molecule has 0 saturated carbocycles. The lowest BCUT2D eigenvalue weighted by Gasteiger charge is -2.04. The van der Waals surface area contributed by atoms with Gasteiger partial charge >= 0.3 is 0 Å². The monoisotopic (exact) mass is 463 g/mol. The van der Waals surface area contributed by atoms with Gasteiger partial charge in [-0.1, -0.05) is 187 Å². The molecule has 0 nitrogen and oxygen atoms in total. The van der Waals surface area contributed by atoms with Gasteiger partial charge in [0.2, 0.25) is 0 Å². The summed E-state index contributed by atoms with van der Waals surface area (Å²) in [6, 6.07) is 0. The van der Waals surface area contributed by atoms with Crippen LogP contribution < -0.4 is 0 Å². The molecule has 0 aromatic rings. The minimum Gasteiger partial charge on any atom is -0.0885 e. The van der Waals surface area contributed by atoms with E-state index in [-0.39, 0.29) is 0 Å². The standard InChI is InChI=1S/C33H66/c1-3-5-7-9-11-13-15-17-19-21-23-25-27-29-31-33-32-30-28-26-24-22-20-18-16-14-12-10-8-6-4-2/h21,23H,3-20,22,24-33H2,1-2H3/b23-21-. The normalized spacial score (nSPS) is 11.7. The molecule has 0 bridgehead atoms. The van der Waals surface area contributed by atoms with Crippen molar-refractivity contribution in [3.05, 3.63) is 12.2 Å². The van der Waals surface area contributed by atoms with Gasteiger partial charge < -0.3 is 0 Å². The summed E-state index contributed by atoms with van der Waals surface area (Å²) in [6.45, 7) is 4.60. The molecule has 0 N–H and O–H groups in total. The van der Waals surface area contributed by atoms with E-state index in [0.717, 1.165) is 0 Å². The van der Waals surface area contributed by atoms with Crippen LogP contribution in [0, 0.1) is 0 Å². The van der Waals surface area contributed by atoms with Gasteiger partial charge in [0.25, 0.3) is 0 Å². The van der Waals surface area contributed by atoms with E-state index in [9.17, 15) is 0 Å². The van der Waals surface area contributed by atoms with Crippen LogP contribution in [0.1, 0.15) is 200 Å². The molecule has 0 amide bonds. The third kappa shape index (κ3) is 31.7. The van der Waals surface area contributed by atoms with E-state index in [1.807, 2.05) is 0 Å². The van der Waals surface area contributed by atoms with Crippen LogP contribution in [0.25, 0.3) is 0 Å². The molecule has 0 aromatic carbocycles. The third-order valence-electron chi connectivity index (χ3n) is 7.37. The van der Waals surface area contributed by atoms with E-state index in [1.54, 1.807) is 0 Å². The summed E-state index contributed by atoms with van der Waals surface area (Å²) in [6.07, 6.45) is 46.9. The van der Waals surface area contributed by atoms with Crippen molar-refractivity contribution in [2.24, 2.45) is 0 Å². The summed E-state index contributed by atoms with van der Waals surface area (Å²) >= 11 is 0. The van der Waals surface area contributed by atoms with Crippen molar-refractivity contribution in [3.63, 3.8) is 0 Å². The predicted molar refractivity (Wildman–Crippen MR) is 154 cm³/mol. The van der Waals surface area contributed by atoms with Crippen molar-refractivity contribution >= 4 is 0 Å². The maximum absolute atomic E-state index is 2.45. The van der Waals surface area contributed by atoms with Gasteiger partial charge in [0, 0.05) is 0 Å². The van der Waals surface area contributed by atoms with Crippen molar-refractivity contribution in [1.82, 2.24) is 0 Å². The second kappa shape index (κ2) is 31.7. The second-order valence-electron chi connectivity index (χ2n) is 10.9. The molecule has 0 fully saturated rings. The summed E-state index contributed by atoms with van der Waals surface area (Å²) in [5, 5.41) is 0.